The van der Waals surface area contributed by atoms with Crippen molar-refractivity contribution in [3.05, 3.63) is 382 Å². The fraction of sp³-hybridized carbons (Fsp3) is 0. The van der Waals surface area contributed by atoms with Crippen molar-refractivity contribution in [3.63, 3.8) is 0 Å². The summed E-state index contributed by atoms with van der Waals surface area (Å²) in [4.78, 5) is 10.3. The number of anilines is 12. The van der Waals surface area contributed by atoms with E-state index in [0.717, 1.165) is 34.1 Å². The van der Waals surface area contributed by atoms with Crippen LogP contribution in [0.15, 0.2) is 382 Å². The first-order chi connectivity index (χ1) is 55.1. The molecule has 0 radical (unpaired) electrons. The van der Waals surface area contributed by atoms with Gasteiger partial charge in [-0.2, -0.15) is 0 Å². The Hall–Kier alpha value is -14.3. The van der Waals surface area contributed by atoms with Crippen LogP contribution >= 0.6 is 0 Å². The Morgan fingerprint density at radius 3 is 0.883 bits per heavy atom. The number of hydrogen-bond acceptors (Lipinski definition) is 4. The van der Waals surface area contributed by atoms with Gasteiger partial charge in [-0.05, 0) is 227 Å². The van der Waals surface area contributed by atoms with E-state index >= 15 is 0 Å². The van der Waals surface area contributed by atoms with Crippen molar-refractivity contribution >= 4 is 181 Å². The third-order valence-electron chi connectivity index (χ3n) is 24.9. The highest BCUT2D eigenvalue weighted by Gasteiger charge is 2.54. The molecule has 510 valence electrons. The second kappa shape index (κ2) is 23.1. The van der Waals surface area contributed by atoms with E-state index in [-0.39, 0.29) is 20.1 Å². The van der Waals surface area contributed by atoms with Gasteiger partial charge in [0.1, 0.15) is 0 Å². The van der Waals surface area contributed by atoms with E-state index in [4.69, 9.17) is 0 Å². The highest BCUT2D eigenvalue weighted by molar-refractivity contribution is 7.06. The fourth-order valence-electron chi connectivity index (χ4n) is 20.5. The summed E-state index contributed by atoms with van der Waals surface area (Å²) in [5.74, 6) is 0. The molecule has 0 unspecified atom stereocenters. The van der Waals surface area contributed by atoms with Crippen LogP contribution in [0.2, 0.25) is 0 Å². The molecular formula is C102H63B3N6. The van der Waals surface area contributed by atoms with Crippen molar-refractivity contribution in [3.8, 4) is 55.9 Å². The quantitative estimate of drug-likeness (QED) is 0.127. The van der Waals surface area contributed by atoms with Gasteiger partial charge in [-0.25, -0.2) is 0 Å². The molecule has 0 bridgehead atoms. The van der Waals surface area contributed by atoms with Crippen molar-refractivity contribution in [1.82, 2.24) is 9.13 Å². The zero-order chi connectivity index (χ0) is 72.3. The molecule has 0 saturated heterocycles. The summed E-state index contributed by atoms with van der Waals surface area (Å²) >= 11 is 0. The van der Waals surface area contributed by atoms with Crippen LogP contribution in [-0.4, -0.2) is 29.3 Å². The molecule has 0 fully saturated rings. The second-order valence-electron chi connectivity index (χ2n) is 30.6. The molecule has 2 aromatic heterocycles. The molecule has 111 heavy (non-hydrogen) atoms. The third-order valence-corrected chi connectivity index (χ3v) is 24.9. The summed E-state index contributed by atoms with van der Waals surface area (Å²) in [6.45, 7) is -0.502. The van der Waals surface area contributed by atoms with Crippen LogP contribution in [0.4, 0.5) is 68.2 Å². The minimum Gasteiger partial charge on any atom is -0.312 e. The van der Waals surface area contributed by atoms with Gasteiger partial charge >= 0.3 is 0 Å². The average molecular weight is 1410 g/mol. The molecule has 0 N–H and O–H groups in total. The summed E-state index contributed by atoms with van der Waals surface area (Å²) in [5, 5.41) is 5.00. The van der Waals surface area contributed by atoms with E-state index in [1.807, 2.05) is 0 Å². The van der Waals surface area contributed by atoms with Crippen LogP contribution in [0.5, 0.6) is 0 Å². The molecule has 0 atom stereocenters. The first-order valence-electron chi connectivity index (χ1n) is 38.7. The van der Waals surface area contributed by atoms with Crippen LogP contribution < -0.4 is 68.8 Å². The van der Waals surface area contributed by atoms with Gasteiger partial charge in [-0.15, -0.1) is 0 Å². The predicted molar refractivity (Wildman–Crippen MR) is 470 cm³/mol. The predicted octanol–water partition coefficient (Wildman–Crippen LogP) is 19.9. The van der Waals surface area contributed by atoms with E-state index in [1.54, 1.807) is 0 Å². The lowest BCUT2D eigenvalue weighted by Gasteiger charge is -2.51. The zero-order valence-corrected chi connectivity index (χ0v) is 60.3. The van der Waals surface area contributed by atoms with E-state index in [9.17, 15) is 0 Å². The van der Waals surface area contributed by atoms with Gasteiger partial charge in [-0.3, -0.25) is 0 Å². The van der Waals surface area contributed by atoms with Crippen molar-refractivity contribution in [2.75, 3.05) is 19.6 Å². The molecule has 17 aromatic carbocycles. The normalized spacial score (nSPS) is 13.1. The molecule has 6 aliphatic heterocycles. The van der Waals surface area contributed by atoms with E-state index in [0.29, 0.717) is 0 Å². The molecule has 6 aliphatic rings. The van der Waals surface area contributed by atoms with Crippen LogP contribution in [-0.2, 0) is 0 Å². The fourth-order valence-corrected chi connectivity index (χ4v) is 20.5. The molecule has 0 spiro atoms. The first-order valence-corrected chi connectivity index (χ1v) is 38.7. The number of hydrogen-bond donors (Lipinski definition) is 0. The smallest absolute Gasteiger partial charge is 0.252 e. The Morgan fingerprint density at radius 2 is 0.514 bits per heavy atom. The highest BCUT2D eigenvalue weighted by atomic mass is 15.2. The van der Waals surface area contributed by atoms with Crippen molar-refractivity contribution in [1.29, 1.82) is 0 Å². The minimum absolute atomic E-state index is 0.158. The maximum atomic E-state index is 2.73. The van der Waals surface area contributed by atoms with Crippen LogP contribution in [0.1, 0.15) is 0 Å². The summed E-state index contributed by atoms with van der Waals surface area (Å²) in [7, 11) is 0. The second-order valence-corrected chi connectivity index (χ2v) is 30.6. The SMILES string of the molecule is c1ccc(-c2ccc3c(c2)c2cc(-c4ccccc4)cc4c2n3-c2ccc3c5c2B4c2ccc(N(c4ccccc4)c4ccccc4)cc2N5c2cccc4c2B3c2ccc3c5c2N4c2cc(N(c4ccccc4)c4ccccc4)ccc2B5c2cc(-c4ccccc4)cc4c5cc(-c6ccccc6)ccc5n-3c24)cc1. The molecule has 8 heterocycles. The maximum Gasteiger partial charge on any atom is 0.252 e. The van der Waals surface area contributed by atoms with Gasteiger partial charge in [0.25, 0.3) is 20.1 Å². The first kappa shape index (κ1) is 60.8. The Bertz CT molecular complexity index is 6650. The molecule has 9 heteroatoms. The van der Waals surface area contributed by atoms with E-state index in [2.05, 4.69) is 411 Å². The van der Waals surface area contributed by atoms with Crippen molar-refractivity contribution in [2.45, 2.75) is 0 Å². The number of aromatic nitrogens is 2. The summed E-state index contributed by atoms with van der Waals surface area (Å²) in [6.07, 6.45) is 0. The lowest BCUT2D eigenvalue weighted by molar-refractivity contribution is 1.17. The Balaban J connectivity index is 0.799. The monoisotopic (exact) mass is 1400 g/mol. The molecule has 6 nitrogen and oxygen atoms in total. The van der Waals surface area contributed by atoms with Gasteiger partial charge in [0, 0.05) is 112 Å². The Morgan fingerprint density at radius 1 is 0.189 bits per heavy atom. The van der Waals surface area contributed by atoms with Crippen molar-refractivity contribution in [2.24, 2.45) is 0 Å². The zero-order valence-electron chi connectivity index (χ0n) is 60.3. The maximum absolute atomic E-state index is 2.73. The van der Waals surface area contributed by atoms with Crippen LogP contribution in [0, 0.1) is 0 Å². The summed E-state index contributed by atoms with van der Waals surface area (Å²) in [5.41, 5.74) is 42.5. The van der Waals surface area contributed by atoms with E-state index < -0.39 is 0 Å². The van der Waals surface area contributed by atoms with Gasteiger partial charge in [-0.1, -0.05) is 249 Å². The molecule has 0 saturated carbocycles. The van der Waals surface area contributed by atoms with Crippen LogP contribution in [0.25, 0.3) is 99.5 Å². The third kappa shape index (κ3) is 8.55. The lowest BCUT2D eigenvalue weighted by Crippen LogP contribution is -2.70. The number of para-hydroxylation sites is 4. The van der Waals surface area contributed by atoms with Gasteiger partial charge in [0.05, 0.1) is 11.0 Å². The number of rotatable bonds is 10. The molecule has 19 aromatic rings. The van der Waals surface area contributed by atoms with E-state index in [1.165, 1.54) is 183 Å². The number of nitrogens with zero attached hydrogens (tertiary/aromatic N) is 6. The number of fused-ring (bicyclic) bond motifs is 20. The average Bonchev–Trinajstić information content (AvgIpc) is 1.66. The highest BCUT2D eigenvalue weighted by Crippen LogP contribution is 2.52. The summed E-state index contributed by atoms with van der Waals surface area (Å²) in [6, 6.07) is 144. The standard InChI is InChI=1S/C102H63B3N6/c1-9-26-64(27-10-1)68-44-52-88-78(56-68)80-58-70(66-30-13-3-14-31-66)60-86-99(80)108(88)92-54-50-84-101-97(92)103(86)82-48-46-76(106(72-34-17-5-18-35-72)73-36-19-6-20-37-73)62-94(82)110(101)90-42-25-43-91-96(90)105(84)85-51-55-93-98-102(85)111(91)95-63-77(107(74-38-21-7-22-39-74)75-40-23-8-24-41-75)47-49-83(95)104(98)87-61-71(67-32-15-4-16-33-67)59-81-79-57-69(65-28-11-2-12-29-65)45-53-89(79)109(93)100(81)87/h1-63H. The minimum atomic E-state index is -0.186. The Kier molecular flexibility index (Phi) is 12.7. The molecule has 0 amide bonds. The number of benzene rings is 17. The van der Waals surface area contributed by atoms with Gasteiger partial charge in [0.2, 0.25) is 0 Å². The molecular weight excluding hydrogens is 1340 g/mol. The largest absolute Gasteiger partial charge is 0.312 e. The summed E-state index contributed by atoms with van der Waals surface area (Å²) < 4.78 is 5.30. The molecule has 25 rings (SSSR count). The van der Waals surface area contributed by atoms with Crippen LogP contribution in [0.3, 0.4) is 0 Å². The van der Waals surface area contributed by atoms with Gasteiger partial charge < -0.3 is 28.7 Å². The van der Waals surface area contributed by atoms with Crippen molar-refractivity contribution < 1.29 is 0 Å². The topological polar surface area (TPSA) is 22.8 Å². The Labute approximate surface area is 643 Å². The van der Waals surface area contributed by atoms with Gasteiger partial charge in [0.15, 0.2) is 0 Å². The lowest BCUT2D eigenvalue weighted by atomic mass is 9.27. The molecule has 0 aliphatic carbocycles.